The summed E-state index contributed by atoms with van der Waals surface area (Å²) < 4.78 is 5.11. The fourth-order valence-corrected chi connectivity index (χ4v) is 2.66. The van der Waals surface area contributed by atoms with Crippen LogP contribution in [-0.2, 0) is 9.53 Å². The topological polar surface area (TPSA) is 41.6 Å². The van der Waals surface area contributed by atoms with Gasteiger partial charge in [0.15, 0.2) is 0 Å². The van der Waals surface area contributed by atoms with E-state index in [1.54, 1.807) is 7.11 Å². The normalized spacial score (nSPS) is 29.3. The SMILES string of the molecule is COCC1=CCN(C(=O)C2CCNC2C)CC1. The maximum Gasteiger partial charge on any atom is 0.227 e. The number of methoxy groups -OCH3 is 1. The van der Waals surface area contributed by atoms with Gasteiger partial charge in [0.25, 0.3) is 0 Å². The van der Waals surface area contributed by atoms with Crippen LogP contribution in [0.1, 0.15) is 19.8 Å². The number of ether oxygens (including phenoxy) is 1. The summed E-state index contributed by atoms with van der Waals surface area (Å²) in [5.74, 6) is 0.489. The fourth-order valence-electron chi connectivity index (χ4n) is 2.66. The number of nitrogens with one attached hydrogen (secondary N) is 1. The van der Waals surface area contributed by atoms with Crippen molar-refractivity contribution in [3.8, 4) is 0 Å². The first-order chi connectivity index (χ1) is 8.22. The van der Waals surface area contributed by atoms with Crippen molar-refractivity contribution >= 4 is 5.91 Å². The van der Waals surface area contributed by atoms with Crippen molar-refractivity contribution in [2.45, 2.75) is 25.8 Å². The molecular weight excluding hydrogens is 216 g/mol. The van der Waals surface area contributed by atoms with E-state index in [9.17, 15) is 4.79 Å². The summed E-state index contributed by atoms with van der Waals surface area (Å²) in [5.41, 5.74) is 1.31. The van der Waals surface area contributed by atoms with Crippen molar-refractivity contribution in [1.29, 1.82) is 0 Å². The van der Waals surface area contributed by atoms with Gasteiger partial charge in [0.1, 0.15) is 0 Å². The maximum absolute atomic E-state index is 12.3. The predicted octanol–water partition coefficient (Wildman–Crippen LogP) is 0.790. The van der Waals surface area contributed by atoms with Crippen molar-refractivity contribution in [3.05, 3.63) is 11.6 Å². The second-order valence-corrected chi connectivity index (χ2v) is 4.97. The molecule has 0 aromatic rings. The molecule has 2 rings (SSSR count). The zero-order chi connectivity index (χ0) is 12.3. The van der Waals surface area contributed by atoms with Crippen LogP contribution in [0.3, 0.4) is 0 Å². The standard InChI is InChI=1S/C13H22N2O2/c1-10-12(3-6-14-10)13(16)15-7-4-11(5-8-15)9-17-2/h4,10,12,14H,3,5-9H2,1-2H3. The van der Waals surface area contributed by atoms with Gasteiger partial charge in [-0.2, -0.15) is 0 Å². The molecule has 0 aromatic heterocycles. The van der Waals surface area contributed by atoms with Crippen LogP contribution in [0, 0.1) is 5.92 Å². The molecule has 4 heteroatoms. The highest BCUT2D eigenvalue weighted by molar-refractivity contribution is 5.80. The Morgan fingerprint density at radius 3 is 3.00 bits per heavy atom. The molecule has 2 atom stereocenters. The first-order valence-corrected chi connectivity index (χ1v) is 6.41. The van der Waals surface area contributed by atoms with Gasteiger partial charge < -0.3 is 15.0 Å². The summed E-state index contributed by atoms with van der Waals surface area (Å²) in [6, 6.07) is 0.326. The molecule has 0 spiro atoms. The predicted molar refractivity (Wildman–Crippen MR) is 66.7 cm³/mol. The molecule has 0 radical (unpaired) electrons. The van der Waals surface area contributed by atoms with Crippen molar-refractivity contribution in [2.75, 3.05) is 33.4 Å². The second-order valence-electron chi connectivity index (χ2n) is 4.97. The summed E-state index contributed by atoms with van der Waals surface area (Å²) in [5, 5.41) is 3.34. The number of rotatable bonds is 3. The van der Waals surface area contributed by atoms with E-state index in [0.717, 1.165) is 32.5 Å². The van der Waals surface area contributed by atoms with Crippen LogP contribution in [0.15, 0.2) is 11.6 Å². The van der Waals surface area contributed by atoms with Gasteiger partial charge in [-0.25, -0.2) is 0 Å². The molecule has 0 aromatic carbocycles. The Bertz CT molecular complexity index is 315. The van der Waals surface area contributed by atoms with Crippen molar-refractivity contribution in [1.82, 2.24) is 10.2 Å². The van der Waals surface area contributed by atoms with Crippen LogP contribution in [0.4, 0.5) is 0 Å². The van der Waals surface area contributed by atoms with Crippen LogP contribution in [-0.4, -0.2) is 50.2 Å². The fraction of sp³-hybridized carbons (Fsp3) is 0.769. The lowest BCUT2D eigenvalue weighted by atomic mass is 9.99. The number of nitrogens with zero attached hydrogens (tertiary/aromatic N) is 1. The number of carbonyl (C=O) groups is 1. The summed E-state index contributed by atoms with van der Waals surface area (Å²) >= 11 is 0. The smallest absolute Gasteiger partial charge is 0.227 e. The molecule has 2 aliphatic rings. The van der Waals surface area contributed by atoms with Gasteiger partial charge in [0.05, 0.1) is 12.5 Å². The number of amides is 1. The Kier molecular flexibility index (Phi) is 4.18. The van der Waals surface area contributed by atoms with Gasteiger partial charge >= 0.3 is 0 Å². The van der Waals surface area contributed by atoms with Crippen molar-refractivity contribution in [2.24, 2.45) is 5.92 Å². The van der Waals surface area contributed by atoms with E-state index in [4.69, 9.17) is 4.74 Å². The van der Waals surface area contributed by atoms with Gasteiger partial charge in [-0.15, -0.1) is 0 Å². The number of carbonyl (C=O) groups excluding carboxylic acids is 1. The minimum absolute atomic E-state index is 0.173. The zero-order valence-electron chi connectivity index (χ0n) is 10.7. The lowest BCUT2D eigenvalue weighted by molar-refractivity contribution is -0.135. The largest absolute Gasteiger partial charge is 0.380 e. The molecule has 2 heterocycles. The van der Waals surface area contributed by atoms with E-state index in [1.807, 2.05) is 4.90 Å². The molecule has 2 unspecified atom stereocenters. The summed E-state index contributed by atoms with van der Waals surface area (Å²) in [6.45, 7) is 5.36. The Morgan fingerprint density at radius 2 is 2.47 bits per heavy atom. The highest BCUT2D eigenvalue weighted by Gasteiger charge is 2.32. The van der Waals surface area contributed by atoms with E-state index < -0.39 is 0 Å². The number of hydrogen-bond donors (Lipinski definition) is 1. The zero-order valence-corrected chi connectivity index (χ0v) is 10.7. The van der Waals surface area contributed by atoms with Gasteiger partial charge in [0.2, 0.25) is 5.91 Å². The minimum atomic E-state index is 0.173. The molecule has 17 heavy (non-hydrogen) atoms. The lowest BCUT2D eigenvalue weighted by Gasteiger charge is -2.29. The monoisotopic (exact) mass is 238 g/mol. The van der Waals surface area contributed by atoms with Crippen LogP contribution in [0.2, 0.25) is 0 Å². The van der Waals surface area contributed by atoms with Crippen LogP contribution in [0.25, 0.3) is 0 Å². The maximum atomic E-state index is 12.3. The molecule has 0 bridgehead atoms. The van der Waals surface area contributed by atoms with Crippen LogP contribution in [0.5, 0.6) is 0 Å². The van der Waals surface area contributed by atoms with E-state index in [0.29, 0.717) is 18.6 Å². The number of hydrogen-bond acceptors (Lipinski definition) is 3. The molecule has 1 amide bonds. The average molecular weight is 238 g/mol. The first kappa shape index (κ1) is 12.6. The summed E-state index contributed by atoms with van der Waals surface area (Å²) in [4.78, 5) is 14.3. The molecule has 1 fully saturated rings. The molecule has 4 nitrogen and oxygen atoms in total. The molecule has 0 saturated carbocycles. The highest BCUT2D eigenvalue weighted by atomic mass is 16.5. The second kappa shape index (κ2) is 5.65. The van der Waals surface area contributed by atoms with E-state index in [-0.39, 0.29) is 5.92 Å². The Labute approximate surface area is 103 Å². The molecule has 96 valence electrons. The first-order valence-electron chi connectivity index (χ1n) is 6.41. The molecular formula is C13H22N2O2. The Morgan fingerprint density at radius 1 is 1.65 bits per heavy atom. The van der Waals surface area contributed by atoms with Crippen molar-refractivity contribution in [3.63, 3.8) is 0 Å². The summed E-state index contributed by atoms with van der Waals surface area (Å²) in [6.07, 6.45) is 4.07. The average Bonchev–Trinajstić information content (AvgIpc) is 2.76. The van der Waals surface area contributed by atoms with Gasteiger partial charge in [-0.05, 0) is 31.9 Å². The third-order valence-corrected chi connectivity index (χ3v) is 3.79. The third kappa shape index (κ3) is 2.87. The Balaban J connectivity index is 1.90. The van der Waals surface area contributed by atoms with Crippen LogP contribution >= 0.6 is 0 Å². The highest BCUT2D eigenvalue weighted by Crippen LogP contribution is 2.20. The lowest BCUT2D eigenvalue weighted by Crippen LogP contribution is -2.42. The van der Waals surface area contributed by atoms with Crippen molar-refractivity contribution < 1.29 is 9.53 Å². The van der Waals surface area contributed by atoms with Gasteiger partial charge in [-0.3, -0.25) is 4.79 Å². The summed E-state index contributed by atoms with van der Waals surface area (Å²) in [7, 11) is 1.71. The van der Waals surface area contributed by atoms with Gasteiger partial charge in [-0.1, -0.05) is 6.08 Å². The molecule has 0 aliphatic carbocycles. The van der Waals surface area contributed by atoms with E-state index >= 15 is 0 Å². The van der Waals surface area contributed by atoms with Crippen LogP contribution < -0.4 is 5.32 Å². The molecule has 2 aliphatic heterocycles. The van der Waals surface area contributed by atoms with E-state index in [1.165, 1.54) is 5.57 Å². The molecule has 1 saturated heterocycles. The molecule has 1 N–H and O–H groups in total. The quantitative estimate of drug-likeness (QED) is 0.739. The minimum Gasteiger partial charge on any atom is -0.380 e. The third-order valence-electron chi connectivity index (χ3n) is 3.79. The van der Waals surface area contributed by atoms with E-state index in [2.05, 4.69) is 18.3 Å². The van der Waals surface area contributed by atoms with Gasteiger partial charge in [0, 0.05) is 26.2 Å². The Hall–Kier alpha value is -0.870.